The molecule has 0 aliphatic carbocycles. The van der Waals surface area contributed by atoms with Crippen LogP contribution in [0.5, 0.6) is 0 Å². The van der Waals surface area contributed by atoms with Gasteiger partial charge in [-0.2, -0.15) is 31.4 Å². The Kier molecular flexibility index (Phi) is 10.2. The number of hydrogen-bond donors (Lipinski definition) is 3. The van der Waals surface area contributed by atoms with Crippen molar-refractivity contribution in [3.8, 4) is 0 Å². The van der Waals surface area contributed by atoms with E-state index in [-0.39, 0.29) is 0 Å². The number of aliphatic carboxylic acids is 2. The van der Waals surface area contributed by atoms with Gasteiger partial charge in [-0.1, -0.05) is 18.2 Å². The third-order valence-electron chi connectivity index (χ3n) is 4.95. The average Bonchev–Trinajstić information content (AvgIpc) is 3.26. The Morgan fingerprint density at radius 2 is 1.49 bits per heavy atom. The lowest BCUT2D eigenvalue weighted by Crippen LogP contribution is -2.47. The van der Waals surface area contributed by atoms with Gasteiger partial charge in [0, 0.05) is 62.6 Å². The van der Waals surface area contributed by atoms with Crippen molar-refractivity contribution in [2.24, 2.45) is 0 Å². The van der Waals surface area contributed by atoms with E-state index >= 15 is 0 Å². The number of hydrogen-bond acceptors (Lipinski definition) is 7. The molecule has 0 spiro atoms. The standard InChI is InChI=1S/C17H20N6.2C2HF3O2/c1-2-4-15-14(3-1)16(21-20-15)5-8-22-9-11-23(12-10-22)17-13-18-6-7-19-17;2*3-2(4,5)1(6)7/h1-4,6-7,13H,5,8-12H2,(H,20,21);2*(H,6,7). The molecule has 3 heterocycles. The maximum Gasteiger partial charge on any atom is 0.490 e. The minimum atomic E-state index is -5.08. The molecule has 4 rings (SSSR count). The highest BCUT2D eigenvalue weighted by molar-refractivity contribution is 5.81. The lowest BCUT2D eigenvalue weighted by Gasteiger charge is -2.35. The molecule has 0 atom stereocenters. The van der Waals surface area contributed by atoms with Crippen LogP contribution in [0.4, 0.5) is 32.2 Å². The predicted molar refractivity (Wildman–Crippen MR) is 118 cm³/mol. The molecule has 3 aromatic rings. The van der Waals surface area contributed by atoms with Gasteiger partial charge in [0.15, 0.2) is 0 Å². The summed E-state index contributed by atoms with van der Waals surface area (Å²) >= 11 is 0. The Balaban J connectivity index is 0.000000286. The van der Waals surface area contributed by atoms with Crippen molar-refractivity contribution >= 4 is 28.7 Å². The third kappa shape index (κ3) is 9.55. The normalized spacial score (nSPS) is 14.3. The van der Waals surface area contributed by atoms with Crippen molar-refractivity contribution in [3.63, 3.8) is 0 Å². The number of aromatic nitrogens is 4. The SMILES string of the molecule is O=C(O)C(F)(F)F.O=C(O)C(F)(F)F.c1ccc2c(CCN3CCN(c4cnccn4)CC3)[nH]nc2c1. The van der Waals surface area contributed by atoms with Crippen LogP contribution in [-0.4, -0.2) is 92.3 Å². The largest absolute Gasteiger partial charge is 0.490 e. The number of piperazine rings is 1. The number of aromatic amines is 1. The van der Waals surface area contributed by atoms with Crippen LogP contribution in [0.1, 0.15) is 5.69 Å². The summed E-state index contributed by atoms with van der Waals surface area (Å²) in [5, 5.41) is 23.0. The van der Waals surface area contributed by atoms with Crippen LogP contribution in [0.2, 0.25) is 0 Å². The molecule has 37 heavy (non-hydrogen) atoms. The second kappa shape index (κ2) is 12.8. The van der Waals surface area contributed by atoms with E-state index in [1.165, 1.54) is 11.1 Å². The summed E-state index contributed by atoms with van der Waals surface area (Å²) in [6, 6.07) is 8.29. The summed E-state index contributed by atoms with van der Waals surface area (Å²) in [6.07, 6.45) is -3.85. The van der Waals surface area contributed by atoms with E-state index in [2.05, 4.69) is 48.2 Å². The number of anilines is 1. The van der Waals surface area contributed by atoms with Gasteiger partial charge < -0.3 is 15.1 Å². The molecule has 16 heteroatoms. The number of rotatable bonds is 4. The predicted octanol–water partition coefficient (Wildman–Crippen LogP) is 2.98. The van der Waals surface area contributed by atoms with Crippen LogP contribution in [0, 0.1) is 0 Å². The number of halogens is 6. The Labute approximate surface area is 205 Å². The highest BCUT2D eigenvalue weighted by atomic mass is 19.4. The number of H-pyrrole nitrogens is 1. The van der Waals surface area contributed by atoms with E-state index in [1.54, 1.807) is 12.4 Å². The van der Waals surface area contributed by atoms with Gasteiger partial charge in [-0.3, -0.25) is 15.0 Å². The molecule has 0 unspecified atom stereocenters. The number of benzene rings is 1. The number of fused-ring (bicyclic) bond motifs is 1. The summed E-state index contributed by atoms with van der Waals surface area (Å²) in [7, 11) is 0. The fourth-order valence-electron chi connectivity index (χ4n) is 3.13. The Hall–Kier alpha value is -3.95. The third-order valence-corrected chi connectivity index (χ3v) is 4.95. The average molecular weight is 536 g/mol. The van der Waals surface area contributed by atoms with Crippen molar-refractivity contribution in [1.29, 1.82) is 0 Å². The number of carboxylic acids is 2. The van der Waals surface area contributed by atoms with Gasteiger partial charge >= 0.3 is 24.3 Å². The van der Waals surface area contributed by atoms with E-state index in [0.717, 1.165) is 50.5 Å². The first-order valence-electron chi connectivity index (χ1n) is 10.5. The molecular formula is C21H22F6N6O4. The lowest BCUT2D eigenvalue weighted by molar-refractivity contribution is -0.193. The van der Waals surface area contributed by atoms with Crippen molar-refractivity contribution in [2.45, 2.75) is 18.8 Å². The van der Waals surface area contributed by atoms with Gasteiger partial charge in [-0.25, -0.2) is 14.6 Å². The smallest absolute Gasteiger partial charge is 0.475 e. The molecule has 0 radical (unpaired) electrons. The van der Waals surface area contributed by atoms with Crippen LogP contribution < -0.4 is 4.90 Å². The molecular weight excluding hydrogens is 514 g/mol. The topological polar surface area (TPSA) is 136 Å². The van der Waals surface area contributed by atoms with Crippen LogP contribution in [0.15, 0.2) is 42.9 Å². The Morgan fingerprint density at radius 1 is 0.919 bits per heavy atom. The van der Waals surface area contributed by atoms with Gasteiger partial charge in [0.25, 0.3) is 0 Å². The van der Waals surface area contributed by atoms with E-state index in [4.69, 9.17) is 19.8 Å². The van der Waals surface area contributed by atoms with E-state index in [1.807, 2.05) is 12.3 Å². The summed E-state index contributed by atoms with van der Waals surface area (Å²) in [6.45, 7) is 5.18. The summed E-state index contributed by atoms with van der Waals surface area (Å²) in [4.78, 5) is 31.1. The zero-order valence-electron chi connectivity index (χ0n) is 19.0. The number of nitrogens with zero attached hydrogens (tertiary/aromatic N) is 5. The molecule has 10 nitrogen and oxygen atoms in total. The van der Waals surface area contributed by atoms with Crippen molar-refractivity contribution in [1.82, 2.24) is 25.1 Å². The molecule has 1 saturated heterocycles. The zero-order chi connectivity index (χ0) is 27.6. The fraction of sp³-hybridized carbons (Fsp3) is 0.381. The highest BCUT2D eigenvalue weighted by Gasteiger charge is 2.38. The van der Waals surface area contributed by atoms with Crippen molar-refractivity contribution in [2.75, 3.05) is 37.6 Å². The van der Waals surface area contributed by atoms with Gasteiger partial charge in [0.1, 0.15) is 5.82 Å². The number of carbonyl (C=O) groups is 2. The van der Waals surface area contributed by atoms with Crippen molar-refractivity contribution in [3.05, 3.63) is 48.5 Å². The monoisotopic (exact) mass is 536 g/mol. The van der Waals surface area contributed by atoms with Gasteiger partial charge in [-0.05, 0) is 6.07 Å². The number of alkyl halides is 6. The second-order valence-electron chi connectivity index (χ2n) is 7.47. The molecule has 1 aromatic carbocycles. The molecule has 1 aliphatic rings. The van der Waals surface area contributed by atoms with E-state index < -0.39 is 24.3 Å². The maximum atomic E-state index is 10.6. The molecule has 0 amide bonds. The number of carboxylic acid groups (broad SMARTS) is 2. The van der Waals surface area contributed by atoms with Crippen LogP contribution in [0.25, 0.3) is 10.9 Å². The van der Waals surface area contributed by atoms with Crippen molar-refractivity contribution < 1.29 is 46.1 Å². The number of para-hydroxylation sites is 1. The quantitative estimate of drug-likeness (QED) is 0.430. The highest BCUT2D eigenvalue weighted by Crippen LogP contribution is 2.17. The minimum Gasteiger partial charge on any atom is -0.475 e. The van der Waals surface area contributed by atoms with Gasteiger partial charge in [0.2, 0.25) is 0 Å². The Morgan fingerprint density at radius 3 is 2.00 bits per heavy atom. The molecule has 0 bridgehead atoms. The first-order valence-corrected chi connectivity index (χ1v) is 10.5. The Bertz CT molecular complexity index is 1120. The molecule has 2 aromatic heterocycles. The van der Waals surface area contributed by atoms with E-state index in [9.17, 15) is 26.3 Å². The summed E-state index contributed by atoms with van der Waals surface area (Å²) in [5.74, 6) is -4.54. The molecule has 1 fully saturated rings. The van der Waals surface area contributed by atoms with Gasteiger partial charge in [0.05, 0.1) is 11.7 Å². The first-order chi connectivity index (χ1) is 17.3. The lowest BCUT2D eigenvalue weighted by atomic mass is 10.1. The molecule has 1 aliphatic heterocycles. The minimum absolute atomic E-state index is 0.978. The summed E-state index contributed by atoms with van der Waals surface area (Å²) < 4.78 is 63.5. The van der Waals surface area contributed by atoms with Crippen LogP contribution in [-0.2, 0) is 16.0 Å². The van der Waals surface area contributed by atoms with E-state index in [0.29, 0.717) is 0 Å². The fourth-order valence-corrected chi connectivity index (χ4v) is 3.13. The zero-order valence-corrected chi connectivity index (χ0v) is 19.0. The van der Waals surface area contributed by atoms with Crippen LogP contribution in [0.3, 0.4) is 0 Å². The maximum absolute atomic E-state index is 10.6. The number of nitrogens with one attached hydrogen (secondary N) is 1. The molecule has 202 valence electrons. The molecule has 0 saturated carbocycles. The van der Waals surface area contributed by atoms with Gasteiger partial charge in [-0.15, -0.1) is 0 Å². The first kappa shape index (κ1) is 29.3. The summed E-state index contributed by atoms with van der Waals surface area (Å²) in [5.41, 5.74) is 2.28. The second-order valence-corrected chi connectivity index (χ2v) is 7.47. The molecule has 3 N–H and O–H groups in total. The van der Waals surface area contributed by atoms with Crippen LogP contribution >= 0.6 is 0 Å².